The number of halogens is 1. The fourth-order valence-corrected chi connectivity index (χ4v) is 3.62. The van der Waals surface area contributed by atoms with Crippen molar-refractivity contribution in [2.75, 3.05) is 11.3 Å². The maximum Gasteiger partial charge on any atom is 0.261 e. The first-order chi connectivity index (χ1) is 13.1. The Morgan fingerprint density at radius 3 is 2.36 bits per heavy atom. The molecule has 8 heteroatoms. The molecular formula is C20H25ClN2O4S. The van der Waals surface area contributed by atoms with Gasteiger partial charge in [-0.3, -0.25) is 9.52 Å². The second-order valence-corrected chi connectivity index (χ2v) is 8.98. The Hall–Kier alpha value is -2.25. The van der Waals surface area contributed by atoms with E-state index in [1.807, 2.05) is 13.8 Å². The van der Waals surface area contributed by atoms with E-state index in [9.17, 15) is 13.2 Å². The SMILES string of the molecule is Cc1c(Cl)cccc1NS(=O)(=O)c1ccc(O[C@H](C)C(=O)NCC(C)C)cc1. The second kappa shape index (κ2) is 9.30. The summed E-state index contributed by atoms with van der Waals surface area (Å²) in [6.45, 7) is 7.96. The number of carbonyl (C=O) groups is 1. The predicted octanol–water partition coefficient (Wildman–Crippen LogP) is 3.99. The van der Waals surface area contributed by atoms with Crippen LogP contribution in [0.4, 0.5) is 5.69 Å². The maximum absolute atomic E-state index is 12.6. The lowest BCUT2D eigenvalue weighted by molar-refractivity contribution is -0.127. The van der Waals surface area contributed by atoms with Crippen molar-refractivity contribution < 1.29 is 17.9 Å². The van der Waals surface area contributed by atoms with Gasteiger partial charge in [-0.2, -0.15) is 0 Å². The van der Waals surface area contributed by atoms with Gasteiger partial charge in [0.05, 0.1) is 10.6 Å². The topological polar surface area (TPSA) is 84.5 Å². The molecule has 0 saturated carbocycles. The first-order valence-electron chi connectivity index (χ1n) is 8.92. The quantitative estimate of drug-likeness (QED) is 0.671. The van der Waals surface area contributed by atoms with Crippen LogP contribution in [0.15, 0.2) is 47.4 Å². The number of hydrogen-bond donors (Lipinski definition) is 2. The zero-order valence-corrected chi connectivity index (χ0v) is 17.9. The zero-order chi connectivity index (χ0) is 20.9. The maximum atomic E-state index is 12.6. The van der Waals surface area contributed by atoms with Gasteiger partial charge in [0.2, 0.25) is 0 Å². The molecule has 0 unspecified atom stereocenters. The average molecular weight is 425 g/mol. The summed E-state index contributed by atoms with van der Waals surface area (Å²) in [5.74, 6) is 0.532. The largest absolute Gasteiger partial charge is 0.481 e. The molecule has 0 aliphatic carbocycles. The zero-order valence-electron chi connectivity index (χ0n) is 16.3. The van der Waals surface area contributed by atoms with Gasteiger partial charge < -0.3 is 10.1 Å². The molecule has 1 atom stereocenters. The summed E-state index contributed by atoms with van der Waals surface area (Å²) in [7, 11) is -3.78. The molecule has 0 radical (unpaired) electrons. The Balaban J connectivity index is 2.06. The number of anilines is 1. The lowest BCUT2D eigenvalue weighted by Gasteiger charge is -2.16. The summed E-state index contributed by atoms with van der Waals surface area (Å²) < 4.78 is 33.3. The molecule has 0 aliphatic heterocycles. The molecular weight excluding hydrogens is 400 g/mol. The Morgan fingerprint density at radius 1 is 1.11 bits per heavy atom. The van der Waals surface area contributed by atoms with Gasteiger partial charge in [0.25, 0.3) is 15.9 Å². The van der Waals surface area contributed by atoms with Crippen molar-refractivity contribution in [2.45, 2.75) is 38.7 Å². The van der Waals surface area contributed by atoms with Crippen molar-refractivity contribution >= 4 is 33.2 Å². The van der Waals surface area contributed by atoms with Crippen molar-refractivity contribution in [1.29, 1.82) is 0 Å². The summed E-state index contributed by atoms with van der Waals surface area (Å²) in [5, 5.41) is 3.27. The third kappa shape index (κ3) is 5.87. The van der Waals surface area contributed by atoms with E-state index in [-0.39, 0.29) is 10.8 Å². The van der Waals surface area contributed by atoms with Crippen molar-refractivity contribution in [3.8, 4) is 5.75 Å². The van der Waals surface area contributed by atoms with Crippen LogP contribution < -0.4 is 14.8 Å². The number of sulfonamides is 1. The normalized spacial score (nSPS) is 12.5. The highest BCUT2D eigenvalue weighted by Crippen LogP contribution is 2.26. The smallest absolute Gasteiger partial charge is 0.261 e. The first kappa shape index (κ1) is 22.0. The van der Waals surface area contributed by atoms with E-state index in [0.29, 0.717) is 34.5 Å². The van der Waals surface area contributed by atoms with Crippen LogP contribution in [-0.2, 0) is 14.8 Å². The molecule has 6 nitrogen and oxygen atoms in total. The van der Waals surface area contributed by atoms with Gasteiger partial charge in [-0.1, -0.05) is 31.5 Å². The van der Waals surface area contributed by atoms with Crippen LogP contribution in [0.2, 0.25) is 5.02 Å². The Labute approximate surface area is 171 Å². The average Bonchev–Trinajstić information content (AvgIpc) is 2.63. The number of nitrogens with one attached hydrogen (secondary N) is 2. The molecule has 0 aromatic heterocycles. The van der Waals surface area contributed by atoms with Gasteiger partial charge >= 0.3 is 0 Å². The fraction of sp³-hybridized carbons (Fsp3) is 0.350. The Kier molecular flexibility index (Phi) is 7.32. The number of carbonyl (C=O) groups excluding carboxylic acids is 1. The minimum absolute atomic E-state index is 0.0798. The van der Waals surface area contributed by atoms with Crippen LogP contribution in [0.25, 0.3) is 0 Å². The van der Waals surface area contributed by atoms with E-state index in [4.69, 9.17) is 16.3 Å². The lowest BCUT2D eigenvalue weighted by atomic mass is 10.2. The predicted molar refractivity (Wildman–Crippen MR) is 111 cm³/mol. The van der Waals surface area contributed by atoms with Gasteiger partial charge in [-0.15, -0.1) is 0 Å². The van der Waals surface area contributed by atoms with Gasteiger partial charge in [-0.05, 0) is 61.7 Å². The molecule has 0 heterocycles. The minimum Gasteiger partial charge on any atom is -0.481 e. The molecule has 0 fully saturated rings. The Morgan fingerprint density at radius 2 is 1.75 bits per heavy atom. The van der Waals surface area contributed by atoms with E-state index in [1.54, 1.807) is 32.0 Å². The Bertz CT molecular complexity index is 928. The minimum atomic E-state index is -3.78. The highest BCUT2D eigenvalue weighted by molar-refractivity contribution is 7.92. The fourth-order valence-electron chi connectivity index (χ4n) is 2.33. The van der Waals surface area contributed by atoms with E-state index in [2.05, 4.69) is 10.0 Å². The van der Waals surface area contributed by atoms with Crippen molar-refractivity contribution in [3.05, 3.63) is 53.1 Å². The molecule has 0 aliphatic rings. The van der Waals surface area contributed by atoms with Gasteiger partial charge in [0.15, 0.2) is 6.10 Å². The van der Waals surface area contributed by atoms with Gasteiger partial charge in [0, 0.05) is 11.6 Å². The number of amides is 1. The monoisotopic (exact) mass is 424 g/mol. The number of ether oxygens (including phenoxy) is 1. The van der Waals surface area contributed by atoms with Crippen LogP contribution in [0.3, 0.4) is 0 Å². The van der Waals surface area contributed by atoms with Gasteiger partial charge in [-0.25, -0.2) is 8.42 Å². The van der Waals surface area contributed by atoms with E-state index in [1.165, 1.54) is 24.3 Å². The standard InChI is InChI=1S/C20H25ClN2O4S/c1-13(2)12-22-20(24)15(4)27-16-8-10-17(11-9-16)28(25,26)23-19-7-5-6-18(21)14(19)3/h5-11,13,15,23H,12H2,1-4H3,(H,22,24)/t15-/m1/s1. The van der Waals surface area contributed by atoms with Crippen LogP contribution in [0, 0.1) is 12.8 Å². The van der Waals surface area contributed by atoms with Crippen LogP contribution >= 0.6 is 11.6 Å². The first-order valence-corrected chi connectivity index (χ1v) is 10.8. The van der Waals surface area contributed by atoms with E-state index < -0.39 is 16.1 Å². The highest BCUT2D eigenvalue weighted by atomic mass is 35.5. The highest BCUT2D eigenvalue weighted by Gasteiger charge is 2.18. The van der Waals surface area contributed by atoms with Crippen LogP contribution in [0.1, 0.15) is 26.3 Å². The molecule has 152 valence electrons. The van der Waals surface area contributed by atoms with Crippen molar-refractivity contribution in [1.82, 2.24) is 5.32 Å². The van der Waals surface area contributed by atoms with Crippen molar-refractivity contribution in [3.63, 3.8) is 0 Å². The summed E-state index contributed by atoms with van der Waals surface area (Å²) in [6.07, 6.45) is -0.687. The molecule has 1 amide bonds. The van der Waals surface area contributed by atoms with Crippen molar-refractivity contribution in [2.24, 2.45) is 5.92 Å². The number of benzene rings is 2. The van der Waals surface area contributed by atoms with Crippen LogP contribution in [-0.4, -0.2) is 27.0 Å². The molecule has 0 spiro atoms. The summed E-state index contributed by atoms with van der Waals surface area (Å²) >= 11 is 6.04. The van der Waals surface area contributed by atoms with E-state index in [0.717, 1.165) is 0 Å². The third-order valence-corrected chi connectivity index (χ3v) is 5.80. The summed E-state index contributed by atoms with van der Waals surface area (Å²) in [6, 6.07) is 10.9. The van der Waals surface area contributed by atoms with E-state index >= 15 is 0 Å². The number of rotatable bonds is 8. The third-order valence-electron chi connectivity index (χ3n) is 4.01. The molecule has 2 aromatic carbocycles. The molecule has 28 heavy (non-hydrogen) atoms. The molecule has 0 bridgehead atoms. The molecule has 0 saturated heterocycles. The summed E-state index contributed by atoms with van der Waals surface area (Å²) in [5.41, 5.74) is 1.07. The number of hydrogen-bond acceptors (Lipinski definition) is 4. The van der Waals surface area contributed by atoms with Crippen LogP contribution in [0.5, 0.6) is 5.75 Å². The molecule has 2 N–H and O–H groups in total. The second-order valence-electron chi connectivity index (χ2n) is 6.89. The van der Waals surface area contributed by atoms with Gasteiger partial charge in [0.1, 0.15) is 5.75 Å². The lowest BCUT2D eigenvalue weighted by Crippen LogP contribution is -2.38. The molecule has 2 aromatic rings. The molecule has 2 rings (SSSR count). The summed E-state index contributed by atoms with van der Waals surface area (Å²) in [4.78, 5) is 12.1.